The van der Waals surface area contributed by atoms with Crippen molar-refractivity contribution in [3.63, 3.8) is 0 Å². The number of pyridine rings is 1. The molecule has 0 aliphatic rings. The maximum atomic E-state index is 10.2. The number of ether oxygens (including phenoxy) is 1. The van der Waals surface area contributed by atoms with E-state index in [1.54, 1.807) is 19.4 Å². The molecule has 0 atom stereocenters. The average molecular weight is 230 g/mol. The minimum atomic E-state index is 0.374. The Kier molecular flexibility index (Phi) is 3.22. The van der Waals surface area contributed by atoms with Gasteiger partial charge in [-0.2, -0.15) is 0 Å². The predicted molar refractivity (Wildman–Crippen MR) is 48.3 cm³/mol. The Morgan fingerprint density at radius 3 is 3.08 bits per heavy atom. The zero-order chi connectivity index (χ0) is 8.97. The van der Waals surface area contributed by atoms with E-state index in [0.29, 0.717) is 12.3 Å². The molecule has 1 aromatic rings. The molecule has 3 nitrogen and oxygen atoms in total. The van der Waals surface area contributed by atoms with Crippen LogP contribution in [0, 0.1) is 0 Å². The molecule has 0 radical (unpaired) electrons. The summed E-state index contributed by atoms with van der Waals surface area (Å²) in [6.45, 7) is 0. The van der Waals surface area contributed by atoms with Crippen LogP contribution in [0.25, 0.3) is 0 Å². The van der Waals surface area contributed by atoms with Gasteiger partial charge < -0.3 is 9.53 Å². The van der Waals surface area contributed by atoms with Crippen LogP contribution in [0.2, 0.25) is 0 Å². The fourth-order valence-corrected chi connectivity index (χ4v) is 1.20. The number of methoxy groups -OCH3 is 1. The lowest BCUT2D eigenvalue weighted by atomic mass is 10.2. The Morgan fingerprint density at radius 2 is 2.50 bits per heavy atom. The second kappa shape index (κ2) is 4.21. The number of nitrogens with zero attached hydrogens (tertiary/aromatic N) is 1. The number of halogens is 1. The van der Waals surface area contributed by atoms with E-state index >= 15 is 0 Å². The molecule has 64 valence electrons. The van der Waals surface area contributed by atoms with Crippen LogP contribution in [0.1, 0.15) is 5.56 Å². The summed E-state index contributed by atoms with van der Waals surface area (Å²) >= 11 is 3.28. The summed E-state index contributed by atoms with van der Waals surface area (Å²) in [6.07, 6.45) is 2.84. The number of hydrogen-bond acceptors (Lipinski definition) is 3. The number of carbonyl (C=O) groups is 1. The lowest BCUT2D eigenvalue weighted by Gasteiger charge is -2.02. The van der Waals surface area contributed by atoms with Crippen molar-refractivity contribution in [2.75, 3.05) is 7.11 Å². The van der Waals surface area contributed by atoms with Crippen molar-refractivity contribution < 1.29 is 9.53 Å². The summed E-state index contributed by atoms with van der Waals surface area (Å²) in [5.74, 6) is 0.523. The van der Waals surface area contributed by atoms with Gasteiger partial charge in [0, 0.05) is 23.2 Å². The Hall–Kier alpha value is -0.900. The van der Waals surface area contributed by atoms with Gasteiger partial charge in [-0.3, -0.25) is 0 Å². The normalized spacial score (nSPS) is 9.50. The van der Waals surface area contributed by atoms with Gasteiger partial charge in [0.2, 0.25) is 5.88 Å². The first-order valence-corrected chi connectivity index (χ1v) is 4.19. The van der Waals surface area contributed by atoms with E-state index in [2.05, 4.69) is 20.9 Å². The molecule has 0 N–H and O–H groups in total. The molecule has 1 rings (SSSR count). The maximum Gasteiger partial charge on any atom is 0.213 e. The second-order valence-corrected chi connectivity index (χ2v) is 3.04. The molecule has 1 heterocycles. The Labute approximate surface area is 78.9 Å². The molecule has 0 saturated carbocycles. The smallest absolute Gasteiger partial charge is 0.213 e. The van der Waals surface area contributed by atoms with Crippen LogP contribution < -0.4 is 4.74 Å². The molecule has 0 amide bonds. The van der Waals surface area contributed by atoms with Crippen molar-refractivity contribution in [2.24, 2.45) is 0 Å². The molecular formula is C8H8BrNO2. The van der Waals surface area contributed by atoms with E-state index < -0.39 is 0 Å². The molecule has 0 fully saturated rings. The molecule has 1 aromatic heterocycles. The lowest BCUT2D eigenvalue weighted by Crippen LogP contribution is -1.92. The van der Waals surface area contributed by atoms with Gasteiger partial charge in [-0.05, 0) is 21.5 Å². The van der Waals surface area contributed by atoms with Crippen LogP contribution >= 0.6 is 15.9 Å². The van der Waals surface area contributed by atoms with Crippen LogP contribution in [0.4, 0.5) is 0 Å². The molecule has 0 aliphatic heterocycles. The van der Waals surface area contributed by atoms with Crippen molar-refractivity contribution in [2.45, 2.75) is 6.42 Å². The van der Waals surface area contributed by atoms with E-state index in [4.69, 9.17) is 4.74 Å². The standard InChI is InChI=1S/C8H8BrNO2/c1-12-8-4-6(2-3-11)7(9)5-10-8/h3-5H,2H2,1H3. The molecule has 12 heavy (non-hydrogen) atoms. The van der Waals surface area contributed by atoms with E-state index in [1.165, 1.54) is 0 Å². The first-order chi connectivity index (χ1) is 5.77. The zero-order valence-corrected chi connectivity index (χ0v) is 8.17. The molecule has 0 saturated heterocycles. The van der Waals surface area contributed by atoms with Crippen LogP contribution in [0.5, 0.6) is 5.88 Å². The molecule has 4 heteroatoms. The molecular weight excluding hydrogens is 222 g/mol. The van der Waals surface area contributed by atoms with Crippen molar-refractivity contribution in [3.8, 4) is 5.88 Å². The highest BCUT2D eigenvalue weighted by Gasteiger charge is 2.01. The zero-order valence-electron chi connectivity index (χ0n) is 6.58. The first-order valence-electron chi connectivity index (χ1n) is 3.40. The topological polar surface area (TPSA) is 39.2 Å². The van der Waals surface area contributed by atoms with Gasteiger partial charge in [-0.15, -0.1) is 0 Å². The van der Waals surface area contributed by atoms with Crippen LogP contribution in [0.15, 0.2) is 16.7 Å². The predicted octanol–water partition coefficient (Wildman–Crippen LogP) is 1.59. The van der Waals surface area contributed by atoms with Gasteiger partial charge >= 0.3 is 0 Å². The summed E-state index contributed by atoms with van der Waals surface area (Å²) < 4.78 is 5.74. The van der Waals surface area contributed by atoms with Gasteiger partial charge in [-0.25, -0.2) is 4.98 Å². The lowest BCUT2D eigenvalue weighted by molar-refractivity contribution is -0.107. The van der Waals surface area contributed by atoms with Gasteiger partial charge in [0.15, 0.2) is 0 Å². The second-order valence-electron chi connectivity index (χ2n) is 2.19. The minimum Gasteiger partial charge on any atom is -0.481 e. The number of hydrogen-bond donors (Lipinski definition) is 0. The highest BCUT2D eigenvalue weighted by molar-refractivity contribution is 9.10. The van der Waals surface area contributed by atoms with Crippen molar-refractivity contribution >= 4 is 22.2 Å². The van der Waals surface area contributed by atoms with Gasteiger partial charge in [0.1, 0.15) is 6.29 Å². The fraction of sp³-hybridized carbons (Fsp3) is 0.250. The third-order valence-corrected chi connectivity index (χ3v) is 2.14. The highest BCUT2D eigenvalue weighted by atomic mass is 79.9. The third kappa shape index (κ3) is 2.04. The summed E-state index contributed by atoms with van der Waals surface area (Å²) in [6, 6.07) is 1.73. The SMILES string of the molecule is COc1cc(CC=O)c(Br)cn1. The van der Waals surface area contributed by atoms with Crippen LogP contribution in [-0.4, -0.2) is 18.4 Å². The summed E-state index contributed by atoms with van der Waals surface area (Å²) in [5, 5.41) is 0. The van der Waals surface area contributed by atoms with E-state index in [0.717, 1.165) is 16.3 Å². The third-order valence-electron chi connectivity index (χ3n) is 1.42. The van der Waals surface area contributed by atoms with Crippen molar-refractivity contribution in [3.05, 3.63) is 22.3 Å². The van der Waals surface area contributed by atoms with E-state index in [1.807, 2.05) is 0 Å². The first kappa shape index (κ1) is 9.19. The maximum absolute atomic E-state index is 10.2. The Bertz CT molecular complexity index is 288. The van der Waals surface area contributed by atoms with E-state index in [9.17, 15) is 4.79 Å². The van der Waals surface area contributed by atoms with Crippen molar-refractivity contribution in [1.29, 1.82) is 0 Å². The van der Waals surface area contributed by atoms with E-state index in [-0.39, 0.29) is 0 Å². The largest absolute Gasteiger partial charge is 0.481 e. The summed E-state index contributed by atoms with van der Waals surface area (Å²) in [5.41, 5.74) is 0.886. The summed E-state index contributed by atoms with van der Waals surface area (Å²) in [7, 11) is 1.54. The minimum absolute atomic E-state index is 0.374. The van der Waals surface area contributed by atoms with Gasteiger partial charge in [0.25, 0.3) is 0 Å². The molecule has 0 aliphatic carbocycles. The number of carbonyl (C=O) groups excluding carboxylic acids is 1. The van der Waals surface area contributed by atoms with Gasteiger partial charge in [0.05, 0.1) is 7.11 Å². The highest BCUT2D eigenvalue weighted by Crippen LogP contribution is 2.19. The quantitative estimate of drug-likeness (QED) is 0.740. The number of rotatable bonds is 3. The number of aldehydes is 1. The monoisotopic (exact) mass is 229 g/mol. The Morgan fingerprint density at radius 1 is 1.75 bits per heavy atom. The average Bonchev–Trinajstić information content (AvgIpc) is 2.09. The number of aromatic nitrogens is 1. The van der Waals surface area contributed by atoms with Gasteiger partial charge in [-0.1, -0.05) is 0 Å². The molecule has 0 spiro atoms. The van der Waals surface area contributed by atoms with Crippen LogP contribution in [0.3, 0.4) is 0 Å². The molecule has 0 aromatic carbocycles. The molecule has 0 bridgehead atoms. The summed E-state index contributed by atoms with van der Waals surface area (Å²) in [4.78, 5) is 14.2. The van der Waals surface area contributed by atoms with Crippen LogP contribution in [-0.2, 0) is 11.2 Å². The fourth-order valence-electron chi connectivity index (χ4n) is 0.816. The van der Waals surface area contributed by atoms with Crippen molar-refractivity contribution in [1.82, 2.24) is 4.98 Å². The molecule has 0 unspecified atom stereocenters. The Balaban J connectivity index is 2.99.